The first-order valence-corrected chi connectivity index (χ1v) is 8.96. The number of hydrogen-bond acceptors (Lipinski definition) is 5. The number of anilines is 1. The van der Waals surface area contributed by atoms with Gasteiger partial charge in [0, 0.05) is 58.1 Å². The molecule has 1 aliphatic heterocycles. The molecule has 1 aliphatic rings. The molecule has 0 saturated carbocycles. The summed E-state index contributed by atoms with van der Waals surface area (Å²) in [5.41, 5.74) is 1.02. The number of amides is 1. The van der Waals surface area contributed by atoms with Crippen LogP contribution in [0.25, 0.3) is 0 Å². The predicted molar refractivity (Wildman–Crippen MR) is 98.4 cm³/mol. The first-order valence-electron chi connectivity index (χ1n) is 8.96. The molecular formula is C19H24FN5O. The summed E-state index contributed by atoms with van der Waals surface area (Å²) in [7, 11) is 0. The Morgan fingerprint density at radius 3 is 2.46 bits per heavy atom. The van der Waals surface area contributed by atoms with Crippen LogP contribution in [0.4, 0.5) is 10.3 Å². The van der Waals surface area contributed by atoms with Crippen molar-refractivity contribution in [1.29, 1.82) is 0 Å². The van der Waals surface area contributed by atoms with Crippen LogP contribution in [0, 0.1) is 5.82 Å². The summed E-state index contributed by atoms with van der Waals surface area (Å²) in [5, 5.41) is 2.93. The zero-order valence-corrected chi connectivity index (χ0v) is 14.8. The van der Waals surface area contributed by atoms with Crippen molar-refractivity contribution < 1.29 is 9.18 Å². The van der Waals surface area contributed by atoms with Crippen LogP contribution in [0.5, 0.6) is 0 Å². The molecule has 0 atom stereocenters. The number of nitrogens with one attached hydrogen (secondary N) is 1. The molecule has 26 heavy (non-hydrogen) atoms. The third-order valence-corrected chi connectivity index (χ3v) is 4.51. The zero-order chi connectivity index (χ0) is 18.2. The molecule has 7 heteroatoms. The van der Waals surface area contributed by atoms with Gasteiger partial charge in [0.25, 0.3) is 0 Å². The average molecular weight is 357 g/mol. The molecule has 0 spiro atoms. The Bertz CT molecular complexity index is 687. The topological polar surface area (TPSA) is 61.4 Å². The fourth-order valence-electron chi connectivity index (χ4n) is 2.97. The number of halogens is 1. The van der Waals surface area contributed by atoms with Gasteiger partial charge in [0.2, 0.25) is 11.9 Å². The highest BCUT2D eigenvalue weighted by Gasteiger charge is 2.18. The van der Waals surface area contributed by atoms with Gasteiger partial charge in [0.15, 0.2) is 0 Å². The number of benzene rings is 1. The van der Waals surface area contributed by atoms with Crippen LogP contribution in [0.1, 0.15) is 12.0 Å². The molecule has 1 aromatic heterocycles. The number of carbonyl (C=O) groups excluding carboxylic acids is 1. The van der Waals surface area contributed by atoms with Crippen molar-refractivity contribution in [2.75, 3.05) is 44.2 Å². The molecule has 1 aromatic carbocycles. The fraction of sp³-hybridized carbons (Fsp3) is 0.421. The lowest BCUT2D eigenvalue weighted by molar-refractivity contribution is -0.121. The van der Waals surface area contributed by atoms with Crippen molar-refractivity contribution in [2.45, 2.75) is 12.8 Å². The van der Waals surface area contributed by atoms with Gasteiger partial charge in [-0.25, -0.2) is 14.4 Å². The quantitative estimate of drug-likeness (QED) is 0.813. The Labute approximate surface area is 153 Å². The van der Waals surface area contributed by atoms with E-state index in [4.69, 9.17) is 0 Å². The molecular weight excluding hydrogens is 333 g/mol. The van der Waals surface area contributed by atoms with E-state index in [0.717, 1.165) is 44.2 Å². The van der Waals surface area contributed by atoms with E-state index >= 15 is 0 Å². The summed E-state index contributed by atoms with van der Waals surface area (Å²) in [6.45, 7) is 4.88. The van der Waals surface area contributed by atoms with Crippen LogP contribution in [-0.2, 0) is 11.2 Å². The number of nitrogens with zero attached hydrogens (tertiary/aromatic N) is 4. The third kappa shape index (κ3) is 5.49. The minimum Gasteiger partial charge on any atom is -0.356 e. The lowest BCUT2D eigenvalue weighted by Gasteiger charge is -2.34. The molecule has 1 amide bonds. The largest absolute Gasteiger partial charge is 0.356 e. The first kappa shape index (κ1) is 18.3. The van der Waals surface area contributed by atoms with E-state index in [1.165, 1.54) is 12.1 Å². The Hall–Kier alpha value is -2.54. The van der Waals surface area contributed by atoms with Gasteiger partial charge >= 0.3 is 0 Å². The number of piperazine rings is 1. The van der Waals surface area contributed by atoms with E-state index < -0.39 is 0 Å². The molecule has 138 valence electrons. The second-order valence-electron chi connectivity index (χ2n) is 6.35. The predicted octanol–water partition coefficient (Wildman–Crippen LogP) is 1.49. The second-order valence-corrected chi connectivity index (χ2v) is 6.35. The lowest BCUT2D eigenvalue weighted by Crippen LogP contribution is -2.47. The fourth-order valence-corrected chi connectivity index (χ4v) is 2.97. The molecule has 0 radical (unpaired) electrons. The summed E-state index contributed by atoms with van der Waals surface area (Å²) in [5.74, 6) is 0.586. The van der Waals surface area contributed by atoms with Gasteiger partial charge in [0.05, 0.1) is 0 Å². The molecule has 1 fully saturated rings. The monoisotopic (exact) mass is 357 g/mol. The van der Waals surface area contributed by atoms with Crippen molar-refractivity contribution in [2.24, 2.45) is 0 Å². The normalized spacial score (nSPS) is 15.0. The number of aromatic nitrogens is 2. The Balaban J connectivity index is 1.31. The molecule has 0 unspecified atom stereocenters. The highest BCUT2D eigenvalue weighted by molar-refractivity contribution is 5.76. The SMILES string of the molecule is O=C(CCN1CCN(c2ncccn2)CC1)NCCc1ccc(F)cc1. The van der Waals surface area contributed by atoms with Crippen LogP contribution >= 0.6 is 0 Å². The van der Waals surface area contributed by atoms with E-state index in [1.54, 1.807) is 24.5 Å². The Kier molecular flexibility index (Phi) is 6.49. The summed E-state index contributed by atoms with van der Waals surface area (Å²) >= 11 is 0. The molecule has 3 rings (SSSR count). The maximum Gasteiger partial charge on any atom is 0.225 e. The third-order valence-electron chi connectivity index (χ3n) is 4.51. The number of rotatable bonds is 7. The van der Waals surface area contributed by atoms with Crippen LogP contribution in [0.3, 0.4) is 0 Å². The molecule has 1 N–H and O–H groups in total. The summed E-state index contributed by atoms with van der Waals surface area (Å²) < 4.78 is 12.9. The van der Waals surface area contributed by atoms with Gasteiger partial charge in [-0.05, 0) is 30.2 Å². The maximum absolute atomic E-state index is 12.9. The number of carbonyl (C=O) groups is 1. The second kappa shape index (κ2) is 9.24. The van der Waals surface area contributed by atoms with Crippen LogP contribution in [-0.4, -0.2) is 60.0 Å². The van der Waals surface area contributed by atoms with Crippen LogP contribution < -0.4 is 10.2 Å². The van der Waals surface area contributed by atoms with E-state index in [-0.39, 0.29) is 11.7 Å². The maximum atomic E-state index is 12.9. The Morgan fingerprint density at radius 1 is 1.08 bits per heavy atom. The highest BCUT2D eigenvalue weighted by atomic mass is 19.1. The smallest absolute Gasteiger partial charge is 0.225 e. The zero-order valence-electron chi connectivity index (χ0n) is 14.8. The average Bonchev–Trinajstić information content (AvgIpc) is 2.69. The van der Waals surface area contributed by atoms with Crippen molar-refractivity contribution >= 4 is 11.9 Å². The molecule has 0 aliphatic carbocycles. The minimum atomic E-state index is -0.239. The molecule has 2 heterocycles. The molecule has 0 bridgehead atoms. The van der Waals surface area contributed by atoms with Crippen molar-refractivity contribution in [1.82, 2.24) is 20.2 Å². The summed E-state index contributed by atoms with van der Waals surface area (Å²) in [6, 6.07) is 8.19. The van der Waals surface area contributed by atoms with Gasteiger partial charge in [-0.3, -0.25) is 9.69 Å². The molecule has 6 nitrogen and oxygen atoms in total. The van der Waals surface area contributed by atoms with E-state index in [9.17, 15) is 9.18 Å². The van der Waals surface area contributed by atoms with Gasteiger partial charge < -0.3 is 10.2 Å². The van der Waals surface area contributed by atoms with Crippen LogP contribution in [0.2, 0.25) is 0 Å². The number of hydrogen-bond donors (Lipinski definition) is 1. The van der Waals surface area contributed by atoms with Gasteiger partial charge in [-0.2, -0.15) is 0 Å². The minimum absolute atomic E-state index is 0.0564. The van der Waals surface area contributed by atoms with E-state index in [2.05, 4.69) is 25.1 Å². The first-order chi connectivity index (χ1) is 12.7. The summed E-state index contributed by atoms with van der Waals surface area (Å²) in [6.07, 6.45) is 4.71. The van der Waals surface area contributed by atoms with Crippen LogP contribution in [0.15, 0.2) is 42.7 Å². The lowest BCUT2D eigenvalue weighted by atomic mass is 10.1. The molecule has 2 aromatic rings. The standard InChI is InChI=1S/C19H24FN5O/c20-17-4-2-16(3-5-17)6-10-21-18(26)7-11-24-12-14-25(15-13-24)19-22-8-1-9-23-19/h1-5,8-9H,6-7,10-15H2,(H,21,26). The summed E-state index contributed by atoms with van der Waals surface area (Å²) in [4.78, 5) is 25.0. The van der Waals surface area contributed by atoms with E-state index in [0.29, 0.717) is 19.4 Å². The van der Waals surface area contributed by atoms with Crippen molar-refractivity contribution in [3.05, 3.63) is 54.1 Å². The molecule has 1 saturated heterocycles. The van der Waals surface area contributed by atoms with Crippen molar-refractivity contribution in [3.8, 4) is 0 Å². The van der Waals surface area contributed by atoms with E-state index in [1.807, 2.05) is 6.07 Å². The van der Waals surface area contributed by atoms with Gasteiger partial charge in [0.1, 0.15) is 5.82 Å². The highest BCUT2D eigenvalue weighted by Crippen LogP contribution is 2.09. The Morgan fingerprint density at radius 2 is 1.77 bits per heavy atom. The van der Waals surface area contributed by atoms with Crippen molar-refractivity contribution in [3.63, 3.8) is 0 Å². The van der Waals surface area contributed by atoms with Gasteiger partial charge in [-0.15, -0.1) is 0 Å². The van der Waals surface area contributed by atoms with Gasteiger partial charge in [-0.1, -0.05) is 12.1 Å².